The number of ether oxygens (including phenoxy) is 2. The van der Waals surface area contributed by atoms with Crippen LogP contribution in [0.3, 0.4) is 0 Å². The minimum Gasteiger partial charge on any atom is -0.462 e. The highest BCUT2D eigenvalue weighted by Gasteiger charge is 2.26. The van der Waals surface area contributed by atoms with E-state index < -0.39 is 32.5 Å². The molecule has 0 aliphatic carbocycles. The first-order chi connectivity index (χ1) is 38.8. The highest BCUT2D eigenvalue weighted by molar-refractivity contribution is 7.47. The van der Waals surface area contributed by atoms with Crippen molar-refractivity contribution in [2.45, 2.75) is 251 Å². The van der Waals surface area contributed by atoms with Gasteiger partial charge in [-0.25, -0.2) is 4.57 Å². The summed E-state index contributed by atoms with van der Waals surface area (Å²) < 4.78 is 33.1. The van der Waals surface area contributed by atoms with Gasteiger partial charge in [0.15, 0.2) is 6.10 Å². The average molecular weight is 1120 g/mol. The lowest BCUT2D eigenvalue weighted by molar-refractivity contribution is -0.161. The number of unbranched alkanes of at least 4 members (excludes halogenated alkanes) is 20. The largest absolute Gasteiger partial charge is 0.472 e. The number of allylic oxidation sites excluding steroid dienone is 24. The predicted octanol–water partition coefficient (Wildman–Crippen LogP) is 20.3. The number of nitrogens with two attached hydrogens (primary N) is 1. The van der Waals surface area contributed by atoms with Crippen LogP contribution in [-0.4, -0.2) is 49.3 Å². The minimum atomic E-state index is -4.40. The number of esters is 2. The van der Waals surface area contributed by atoms with Gasteiger partial charge >= 0.3 is 19.8 Å². The Morgan fingerprint density at radius 1 is 0.380 bits per heavy atom. The Hall–Kier alpha value is -4.11. The molecule has 0 heterocycles. The standard InChI is InChI=1S/C69H114NO8P/c1-3-5-7-9-11-13-15-17-19-21-23-25-27-29-30-31-32-33-34-35-36-38-40-42-44-46-48-50-52-54-56-58-60-62-69(72)78-67(66-77-79(73,74)76-64-63-70)65-75-68(71)61-59-57-55-53-51-49-47-45-43-41-39-37-28-26-24-22-20-18-16-14-12-10-8-6-4-2/h5-8,11-14,17-20,23-26,29-30,32-33,37,39,43,45,67H,3-4,9-10,15-16,21-22,27-28,31,34-36,38,40-42,44,46-66,70H2,1-2H3,(H,73,74)/b7-5-,8-6-,13-11-,14-12-,19-17-,20-18-,25-23-,26-24-,30-29-,33-32-,39-37-,45-43-. The molecule has 0 aliphatic heterocycles. The lowest BCUT2D eigenvalue weighted by atomic mass is 10.0. The molecule has 3 N–H and O–H groups in total. The topological polar surface area (TPSA) is 134 Å². The fourth-order valence-electron chi connectivity index (χ4n) is 8.17. The van der Waals surface area contributed by atoms with E-state index in [-0.39, 0.29) is 32.6 Å². The zero-order valence-corrected chi connectivity index (χ0v) is 50.9. The third-order valence-corrected chi connectivity index (χ3v) is 13.7. The number of phosphoric ester groups is 1. The number of carbonyl (C=O) groups excluding carboxylic acids is 2. The molecule has 2 unspecified atom stereocenters. The summed E-state index contributed by atoms with van der Waals surface area (Å²) in [6.07, 6.45) is 90.5. The zero-order valence-electron chi connectivity index (χ0n) is 50.0. The van der Waals surface area contributed by atoms with Crippen LogP contribution in [0.4, 0.5) is 0 Å². The molecule has 0 bridgehead atoms. The van der Waals surface area contributed by atoms with E-state index in [4.69, 9.17) is 24.3 Å². The van der Waals surface area contributed by atoms with Gasteiger partial charge in [-0.3, -0.25) is 18.6 Å². The summed E-state index contributed by atoms with van der Waals surface area (Å²) in [4.78, 5) is 35.3. The van der Waals surface area contributed by atoms with Gasteiger partial charge in [-0.1, -0.05) is 262 Å². The first-order valence-corrected chi connectivity index (χ1v) is 32.8. The summed E-state index contributed by atoms with van der Waals surface area (Å²) >= 11 is 0. The maximum absolute atomic E-state index is 12.7. The second kappa shape index (κ2) is 63.1. The van der Waals surface area contributed by atoms with Gasteiger partial charge in [-0.2, -0.15) is 0 Å². The van der Waals surface area contributed by atoms with Gasteiger partial charge in [0.1, 0.15) is 6.61 Å². The highest BCUT2D eigenvalue weighted by atomic mass is 31.2. The summed E-state index contributed by atoms with van der Waals surface area (Å²) in [5, 5.41) is 0. The van der Waals surface area contributed by atoms with E-state index in [1.807, 2.05) is 0 Å². The fourth-order valence-corrected chi connectivity index (χ4v) is 8.94. The van der Waals surface area contributed by atoms with Crippen LogP contribution >= 0.6 is 7.82 Å². The average Bonchev–Trinajstić information content (AvgIpc) is 3.44. The van der Waals surface area contributed by atoms with Crippen molar-refractivity contribution in [2.24, 2.45) is 5.73 Å². The number of hydrogen-bond acceptors (Lipinski definition) is 8. The van der Waals surface area contributed by atoms with Gasteiger partial charge < -0.3 is 20.1 Å². The molecule has 2 atom stereocenters. The molecule has 10 heteroatoms. The van der Waals surface area contributed by atoms with Gasteiger partial charge in [0.25, 0.3) is 0 Å². The smallest absolute Gasteiger partial charge is 0.462 e. The quantitative estimate of drug-likeness (QED) is 0.0264. The van der Waals surface area contributed by atoms with E-state index in [1.54, 1.807) is 0 Å². The van der Waals surface area contributed by atoms with Crippen molar-refractivity contribution in [1.29, 1.82) is 0 Å². The molecule has 0 aromatic carbocycles. The molecule has 0 rings (SSSR count). The molecule has 0 radical (unpaired) electrons. The number of phosphoric acid groups is 1. The predicted molar refractivity (Wildman–Crippen MR) is 339 cm³/mol. The van der Waals surface area contributed by atoms with Gasteiger partial charge in [0.05, 0.1) is 13.2 Å². The number of rotatable bonds is 57. The normalized spacial score (nSPS) is 14.0. The Kier molecular flexibility index (Phi) is 59.8. The third-order valence-electron chi connectivity index (χ3n) is 12.7. The van der Waals surface area contributed by atoms with E-state index in [1.165, 1.54) is 70.6 Å². The molecule has 79 heavy (non-hydrogen) atoms. The first kappa shape index (κ1) is 74.9. The first-order valence-electron chi connectivity index (χ1n) is 31.3. The van der Waals surface area contributed by atoms with Gasteiger partial charge in [-0.15, -0.1) is 0 Å². The van der Waals surface area contributed by atoms with Crippen molar-refractivity contribution >= 4 is 19.8 Å². The van der Waals surface area contributed by atoms with Crippen LogP contribution in [0.1, 0.15) is 245 Å². The van der Waals surface area contributed by atoms with Crippen molar-refractivity contribution in [3.05, 3.63) is 146 Å². The van der Waals surface area contributed by atoms with Gasteiger partial charge in [-0.05, 0) is 116 Å². The summed E-state index contributed by atoms with van der Waals surface area (Å²) in [6, 6.07) is 0. The molecular formula is C69H114NO8P. The van der Waals surface area contributed by atoms with Crippen LogP contribution in [-0.2, 0) is 32.7 Å². The van der Waals surface area contributed by atoms with E-state index >= 15 is 0 Å². The summed E-state index contributed by atoms with van der Waals surface area (Å²) in [5.74, 6) is -0.852. The minimum absolute atomic E-state index is 0.0440. The molecule has 0 aromatic heterocycles. The van der Waals surface area contributed by atoms with Crippen molar-refractivity contribution in [2.75, 3.05) is 26.4 Å². The Morgan fingerprint density at radius 3 is 0.975 bits per heavy atom. The van der Waals surface area contributed by atoms with E-state index in [0.717, 1.165) is 135 Å². The second-order valence-corrected chi connectivity index (χ2v) is 21.6. The number of hydrogen-bond donors (Lipinski definition) is 2. The van der Waals surface area contributed by atoms with Crippen LogP contribution in [0.2, 0.25) is 0 Å². The molecule has 9 nitrogen and oxygen atoms in total. The molecule has 0 saturated carbocycles. The molecular weight excluding hydrogens is 1000 g/mol. The van der Waals surface area contributed by atoms with Gasteiger partial charge in [0, 0.05) is 19.4 Å². The fraction of sp³-hybridized carbons (Fsp3) is 0.623. The van der Waals surface area contributed by atoms with Crippen LogP contribution in [0.5, 0.6) is 0 Å². The molecule has 0 saturated heterocycles. The highest BCUT2D eigenvalue weighted by Crippen LogP contribution is 2.43. The molecule has 0 aromatic rings. The van der Waals surface area contributed by atoms with Crippen molar-refractivity contribution < 1.29 is 37.6 Å². The van der Waals surface area contributed by atoms with E-state index in [2.05, 4.69) is 160 Å². The molecule has 0 spiro atoms. The zero-order chi connectivity index (χ0) is 57.3. The van der Waals surface area contributed by atoms with Crippen LogP contribution in [0, 0.1) is 0 Å². The third kappa shape index (κ3) is 62.9. The summed E-state index contributed by atoms with van der Waals surface area (Å²) in [6.45, 7) is 3.49. The van der Waals surface area contributed by atoms with E-state index in [9.17, 15) is 19.0 Å². The Balaban J connectivity index is 4.00. The van der Waals surface area contributed by atoms with Crippen molar-refractivity contribution in [3.8, 4) is 0 Å². The maximum Gasteiger partial charge on any atom is 0.472 e. The Morgan fingerprint density at radius 2 is 0.658 bits per heavy atom. The lowest BCUT2D eigenvalue weighted by Gasteiger charge is -2.19. The molecule has 0 fully saturated rings. The van der Waals surface area contributed by atoms with Crippen LogP contribution in [0.25, 0.3) is 0 Å². The molecule has 0 aliphatic rings. The van der Waals surface area contributed by atoms with E-state index in [0.29, 0.717) is 12.8 Å². The van der Waals surface area contributed by atoms with Crippen molar-refractivity contribution in [3.63, 3.8) is 0 Å². The Bertz CT molecular complexity index is 1800. The van der Waals surface area contributed by atoms with Crippen molar-refractivity contribution in [1.82, 2.24) is 0 Å². The Labute approximate surface area is 484 Å². The molecule has 0 amide bonds. The van der Waals surface area contributed by atoms with Crippen LogP contribution < -0.4 is 5.73 Å². The summed E-state index contributed by atoms with van der Waals surface area (Å²) in [7, 11) is -4.40. The lowest BCUT2D eigenvalue weighted by Crippen LogP contribution is -2.29. The second-order valence-electron chi connectivity index (χ2n) is 20.2. The maximum atomic E-state index is 12.7. The number of carbonyl (C=O) groups is 2. The SMILES string of the molecule is CC/C=C\C/C=C\C/C=C\C/C=C\C/C=C\C/C=C\CCCCCCCCCCCCCCCCC(=O)OC(COC(=O)CCCCCCCC/C=C\C/C=C\C/C=C\C/C=C\C/C=C\C/C=C\CC)COP(=O)(O)OCCN. The summed E-state index contributed by atoms with van der Waals surface area (Å²) in [5.41, 5.74) is 5.39. The molecule has 448 valence electrons. The van der Waals surface area contributed by atoms with Gasteiger partial charge in [0.2, 0.25) is 0 Å². The monoisotopic (exact) mass is 1120 g/mol. The van der Waals surface area contributed by atoms with Crippen LogP contribution in [0.15, 0.2) is 146 Å².